The summed E-state index contributed by atoms with van der Waals surface area (Å²) in [7, 11) is 1.60. The zero-order valence-corrected chi connectivity index (χ0v) is 19.8. The number of nitrogen functional groups attached to an aromatic ring is 1. The summed E-state index contributed by atoms with van der Waals surface area (Å²) in [6.45, 7) is 2.94. The molecule has 0 radical (unpaired) electrons. The minimum absolute atomic E-state index is 0.235. The molecule has 1 aliphatic heterocycles. The molecule has 8 nitrogen and oxygen atoms in total. The first kappa shape index (κ1) is 23.8. The van der Waals surface area contributed by atoms with Gasteiger partial charge in [0.25, 0.3) is 11.8 Å². The Morgan fingerprint density at radius 2 is 1.83 bits per heavy atom. The summed E-state index contributed by atoms with van der Waals surface area (Å²) >= 11 is 0. The third kappa shape index (κ3) is 5.60. The Bertz CT molecular complexity index is 1270. The molecule has 0 bridgehead atoms. The predicted molar refractivity (Wildman–Crippen MR) is 136 cm³/mol. The first-order valence-corrected chi connectivity index (χ1v) is 11.5. The second kappa shape index (κ2) is 10.7. The van der Waals surface area contributed by atoms with Crippen molar-refractivity contribution in [3.8, 4) is 11.5 Å². The average molecular weight is 473 g/mol. The normalized spacial score (nSPS) is 13.1. The van der Waals surface area contributed by atoms with E-state index in [1.54, 1.807) is 55.6 Å². The number of amides is 2. The number of nitrogens with zero attached hydrogens (tertiary/aromatic N) is 2. The molecule has 0 saturated carbocycles. The van der Waals surface area contributed by atoms with E-state index in [1.165, 1.54) is 5.01 Å². The van der Waals surface area contributed by atoms with Gasteiger partial charge in [0.1, 0.15) is 0 Å². The first-order valence-electron chi connectivity index (χ1n) is 11.5. The highest BCUT2D eigenvalue weighted by Crippen LogP contribution is 2.29. The van der Waals surface area contributed by atoms with Gasteiger partial charge >= 0.3 is 0 Å². The van der Waals surface area contributed by atoms with E-state index in [9.17, 15) is 9.59 Å². The van der Waals surface area contributed by atoms with Gasteiger partial charge in [0.2, 0.25) is 0 Å². The molecule has 0 spiro atoms. The Hall–Kier alpha value is -4.33. The molecular formula is C27H28N4O4. The van der Waals surface area contributed by atoms with Crippen molar-refractivity contribution < 1.29 is 19.1 Å². The fraction of sp³-hybridized carbons (Fsp3) is 0.222. The highest BCUT2D eigenvalue weighted by molar-refractivity contribution is 6.06. The molecule has 3 aromatic carbocycles. The maximum Gasteiger partial charge on any atom is 0.274 e. The van der Waals surface area contributed by atoms with Gasteiger partial charge in [-0.25, -0.2) is 5.01 Å². The Morgan fingerprint density at radius 3 is 2.60 bits per heavy atom. The van der Waals surface area contributed by atoms with Crippen LogP contribution in [0.1, 0.15) is 46.0 Å². The second-order valence-corrected chi connectivity index (χ2v) is 8.04. The molecule has 0 fully saturated rings. The van der Waals surface area contributed by atoms with Crippen LogP contribution in [0.2, 0.25) is 0 Å². The van der Waals surface area contributed by atoms with E-state index in [0.717, 1.165) is 24.1 Å². The lowest BCUT2D eigenvalue weighted by atomic mass is 10.0. The number of carbonyl (C=O) groups excluding carboxylic acids is 2. The van der Waals surface area contributed by atoms with E-state index in [0.29, 0.717) is 47.2 Å². The minimum atomic E-state index is -0.301. The number of benzene rings is 3. The molecule has 35 heavy (non-hydrogen) atoms. The van der Waals surface area contributed by atoms with Gasteiger partial charge in [-0.3, -0.25) is 9.59 Å². The Morgan fingerprint density at radius 1 is 1.03 bits per heavy atom. The maximum absolute atomic E-state index is 13.2. The maximum atomic E-state index is 13.2. The van der Waals surface area contributed by atoms with Crippen molar-refractivity contribution in [1.29, 1.82) is 0 Å². The van der Waals surface area contributed by atoms with Crippen LogP contribution in [0.25, 0.3) is 0 Å². The second-order valence-electron chi connectivity index (χ2n) is 8.04. The van der Waals surface area contributed by atoms with Crippen molar-refractivity contribution in [3.63, 3.8) is 0 Å². The number of hydrogen-bond acceptors (Lipinski definition) is 6. The van der Waals surface area contributed by atoms with Crippen LogP contribution in [-0.4, -0.2) is 42.8 Å². The number of rotatable bonds is 7. The molecule has 0 unspecified atom stereocenters. The molecule has 3 N–H and O–H groups in total. The van der Waals surface area contributed by atoms with Gasteiger partial charge in [-0.05, 0) is 74.4 Å². The topological polar surface area (TPSA) is 106 Å². The Balaban J connectivity index is 1.53. The number of hydrogen-bond donors (Lipinski definition) is 2. The average Bonchev–Trinajstić information content (AvgIpc) is 2.88. The molecule has 3 aromatic rings. The van der Waals surface area contributed by atoms with Crippen molar-refractivity contribution >= 4 is 28.9 Å². The van der Waals surface area contributed by atoms with E-state index in [-0.39, 0.29) is 11.8 Å². The number of methoxy groups -OCH3 is 1. The SMILES string of the molecule is CCOc1cc(C2=NN(C(=O)c3cccc(NC(=O)c4cccc(N)c4)c3)CCC2)ccc1OC. The molecule has 1 aliphatic rings. The van der Waals surface area contributed by atoms with Crippen LogP contribution < -0.4 is 20.5 Å². The van der Waals surface area contributed by atoms with Crippen LogP contribution in [-0.2, 0) is 0 Å². The quantitative estimate of drug-likeness (QED) is 0.490. The van der Waals surface area contributed by atoms with Gasteiger partial charge in [-0.2, -0.15) is 5.10 Å². The van der Waals surface area contributed by atoms with Crippen LogP contribution in [0.5, 0.6) is 11.5 Å². The Labute approximate surface area is 204 Å². The van der Waals surface area contributed by atoms with Crippen molar-refractivity contribution in [2.45, 2.75) is 19.8 Å². The standard InChI is InChI=1S/C27H28N4O4/c1-3-35-25-17-18(12-13-24(25)34-2)23-11-6-14-31(30-23)27(33)20-8-5-10-22(16-20)29-26(32)19-7-4-9-21(28)15-19/h4-5,7-10,12-13,15-17H,3,6,11,14,28H2,1-2H3,(H,29,32). The van der Waals surface area contributed by atoms with E-state index in [2.05, 4.69) is 10.4 Å². The summed E-state index contributed by atoms with van der Waals surface area (Å²) in [6, 6.07) is 19.2. The van der Waals surface area contributed by atoms with E-state index in [4.69, 9.17) is 15.2 Å². The molecule has 180 valence electrons. The number of nitrogens with two attached hydrogens (primary N) is 1. The Kier molecular flexibility index (Phi) is 7.30. The lowest BCUT2D eigenvalue weighted by Gasteiger charge is -2.24. The van der Waals surface area contributed by atoms with Gasteiger partial charge in [-0.15, -0.1) is 0 Å². The summed E-state index contributed by atoms with van der Waals surface area (Å²) in [4.78, 5) is 25.8. The summed E-state index contributed by atoms with van der Waals surface area (Å²) in [6.07, 6.45) is 1.53. The molecule has 0 aromatic heterocycles. The van der Waals surface area contributed by atoms with Crippen molar-refractivity contribution in [2.75, 3.05) is 31.3 Å². The van der Waals surface area contributed by atoms with Crippen LogP contribution in [0.15, 0.2) is 71.8 Å². The van der Waals surface area contributed by atoms with Crippen LogP contribution >= 0.6 is 0 Å². The number of nitrogens with one attached hydrogen (secondary N) is 1. The van der Waals surface area contributed by atoms with Gasteiger partial charge in [-0.1, -0.05) is 12.1 Å². The zero-order valence-electron chi connectivity index (χ0n) is 19.8. The molecule has 8 heteroatoms. The lowest BCUT2D eigenvalue weighted by molar-refractivity contribution is 0.0751. The largest absolute Gasteiger partial charge is 0.493 e. The summed E-state index contributed by atoms with van der Waals surface area (Å²) in [5, 5.41) is 8.93. The van der Waals surface area contributed by atoms with Crippen LogP contribution in [0.4, 0.5) is 11.4 Å². The number of anilines is 2. The van der Waals surface area contributed by atoms with E-state index < -0.39 is 0 Å². The van der Waals surface area contributed by atoms with E-state index >= 15 is 0 Å². The summed E-state index contributed by atoms with van der Waals surface area (Å²) in [5.74, 6) is 0.754. The molecule has 4 rings (SSSR count). The molecule has 2 amide bonds. The molecule has 1 heterocycles. The monoisotopic (exact) mass is 472 g/mol. The zero-order chi connectivity index (χ0) is 24.8. The van der Waals surface area contributed by atoms with Crippen molar-refractivity contribution in [1.82, 2.24) is 5.01 Å². The number of hydrazone groups is 1. The fourth-order valence-corrected chi connectivity index (χ4v) is 3.88. The smallest absolute Gasteiger partial charge is 0.274 e. The van der Waals surface area contributed by atoms with Gasteiger partial charge in [0.15, 0.2) is 11.5 Å². The summed E-state index contributed by atoms with van der Waals surface area (Å²) < 4.78 is 11.0. The van der Waals surface area contributed by atoms with Crippen molar-refractivity contribution in [3.05, 3.63) is 83.4 Å². The highest BCUT2D eigenvalue weighted by atomic mass is 16.5. The fourth-order valence-electron chi connectivity index (χ4n) is 3.88. The number of carbonyl (C=O) groups is 2. The first-order chi connectivity index (χ1) is 17.0. The van der Waals surface area contributed by atoms with Crippen LogP contribution in [0, 0.1) is 0 Å². The molecular weight excluding hydrogens is 444 g/mol. The van der Waals surface area contributed by atoms with Gasteiger partial charge in [0, 0.05) is 34.6 Å². The lowest BCUT2D eigenvalue weighted by Crippen LogP contribution is -2.32. The highest BCUT2D eigenvalue weighted by Gasteiger charge is 2.22. The third-order valence-electron chi connectivity index (χ3n) is 5.57. The number of ether oxygens (including phenoxy) is 2. The molecule has 0 saturated heterocycles. The summed E-state index contributed by atoms with van der Waals surface area (Å²) in [5.41, 5.74) is 9.36. The van der Waals surface area contributed by atoms with Crippen LogP contribution in [0.3, 0.4) is 0 Å². The minimum Gasteiger partial charge on any atom is -0.493 e. The van der Waals surface area contributed by atoms with Crippen molar-refractivity contribution in [2.24, 2.45) is 5.10 Å². The molecule has 0 aliphatic carbocycles. The van der Waals surface area contributed by atoms with Gasteiger partial charge in [0.05, 0.1) is 19.4 Å². The van der Waals surface area contributed by atoms with E-state index in [1.807, 2.05) is 25.1 Å². The molecule has 0 atom stereocenters. The predicted octanol–water partition coefficient (Wildman–Crippen LogP) is 4.57. The van der Waals surface area contributed by atoms with Gasteiger partial charge < -0.3 is 20.5 Å². The third-order valence-corrected chi connectivity index (χ3v) is 5.57.